The first kappa shape index (κ1) is 17.0. The highest BCUT2D eigenvalue weighted by Crippen LogP contribution is 2.34. The van der Waals surface area contributed by atoms with Crippen molar-refractivity contribution in [1.82, 2.24) is 29.5 Å². The van der Waals surface area contributed by atoms with Crippen LogP contribution in [0, 0.1) is 5.92 Å². The van der Waals surface area contributed by atoms with Gasteiger partial charge < -0.3 is 0 Å². The molecule has 1 aliphatic rings. The lowest BCUT2D eigenvalue weighted by Gasteiger charge is -2.37. The lowest BCUT2D eigenvalue weighted by Crippen LogP contribution is -2.38. The maximum Gasteiger partial charge on any atom is 0.280 e. The predicted octanol–water partition coefficient (Wildman–Crippen LogP) is 3.08. The van der Waals surface area contributed by atoms with E-state index in [4.69, 9.17) is 0 Å². The van der Waals surface area contributed by atoms with Gasteiger partial charge in [-0.2, -0.15) is 10.1 Å². The Labute approximate surface area is 149 Å². The van der Waals surface area contributed by atoms with Crippen molar-refractivity contribution in [3.05, 3.63) is 53.9 Å². The molecule has 3 aromatic heterocycles. The summed E-state index contributed by atoms with van der Waals surface area (Å²) in [4.78, 5) is 14.3. The smallest absolute Gasteiger partial charge is 0.280 e. The molecule has 1 aliphatic heterocycles. The molecule has 2 atom stereocenters. The largest absolute Gasteiger partial charge is 0.298 e. The van der Waals surface area contributed by atoms with Gasteiger partial charge in [-0.25, -0.2) is 18.3 Å². The minimum absolute atomic E-state index is 0.0929. The second-order valence-electron chi connectivity index (χ2n) is 6.84. The fraction of sp³-hybridized carbons (Fsp3) is 0.444. The van der Waals surface area contributed by atoms with Gasteiger partial charge >= 0.3 is 0 Å². The summed E-state index contributed by atoms with van der Waals surface area (Å²) in [5.41, 5.74) is 1.72. The van der Waals surface area contributed by atoms with Crippen molar-refractivity contribution in [3.8, 4) is 0 Å². The molecule has 0 aromatic carbocycles. The van der Waals surface area contributed by atoms with Crippen LogP contribution in [0.2, 0.25) is 0 Å². The number of hydrogen-bond acceptors (Lipinski definition) is 5. The van der Waals surface area contributed by atoms with Crippen LogP contribution in [0.3, 0.4) is 0 Å². The molecule has 1 saturated heterocycles. The quantitative estimate of drug-likeness (QED) is 0.717. The lowest BCUT2D eigenvalue weighted by molar-refractivity contribution is 0.143. The van der Waals surface area contributed by atoms with Crippen molar-refractivity contribution in [2.45, 2.75) is 32.2 Å². The summed E-state index contributed by atoms with van der Waals surface area (Å²) in [6.07, 6.45) is 3.32. The summed E-state index contributed by atoms with van der Waals surface area (Å²) >= 11 is 0. The SMILES string of the molecule is C[C@@H]1CCN(Cc2ccncc2)C[C@H]1c1cc(C(F)F)nc2ncnn12. The van der Waals surface area contributed by atoms with Gasteiger partial charge in [0, 0.05) is 31.4 Å². The fourth-order valence-electron chi connectivity index (χ4n) is 3.64. The summed E-state index contributed by atoms with van der Waals surface area (Å²) in [6, 6.07) is 5.50. The van der Waals surface area contributed by atoms with Gasteiger partial charge in [-0.15, -0.1) is 0 Å². The number of likely N-dealkylation sites (tertiary alicyclic amines) is 1. The van der Waals surface area contributed by atoms with E-state index in [-0.39, 0.29) is 17.4 Å². The van der Waals surface area contributed by atoms with Crippen LogP contribution in [0.25, 0.3) is 5.78 Å². The lowest BCUT2D eigenvalue weighted by atomic mass is 9.84. The van der Waals surface area contributed by atoms with Crippen molar-refractivity contribution in [1.29, 1.82) is 0 Å². The van der Waals surface area contributed by atoms with Crippen molar-refractivity contribution in [2.24, 2.45) is 5.92 Å². The third kappa shape index (κ3) is 3.29. The number of alkyl halides is 2. The number of hydrogen-bond donors (Lipinski definition) is 0. The first-order chi connectivity index (χ1) is 12.6. The van der Waals surface area contributed by atoms with Crippen LogP contribution in [-0.4, -0.2) is 42.6 Å². The number of fused-ring (bicyclic) bond motifs is 1. The third-order valence-corrected chi connectivity index (χ3v) is 5.10. The van der Waals surface area contributed by atoms with E-state index < -0.39 is 6.43 Å². The van der Waals surface area contributed by atoms with E-state index in [1.807, 2.05) is 12.1 Å². The molecule has 0 radical (unpaired) electrons. The fourth-order valence-corrected chi connectivity index (χ4v) is 3.64. The van der Waals surface area contributed by atoms with Crippen LogP contribution in [0.5, 0.6) is 0 Å². The monoisotopic (exact) mass is 358 g/mol. The molecule has 3 aromatic rings. The van der Waals surface area contributed by atoms with Gasteiger partial charge in [-0.05, 0) is 42.6 Å². The molecule has 1 fully saturated rings. The average Bonchev–Trinajstić information content (AvgIpc) is 3.12. The number of aromatic nitrogens is 5. The Morgan fingerprint density at radius 1 is 1.27 bits per heavy atom. The summed E-state index contributed by atoms with van der Waals surface area (Å²) in [7, 11) is 0. The van der Waals surface area contributed by atoms with E-state index in [1.165, 1.54) is 18.0 Å². The maximum absolute atomic E-state index is 13.3. The Hall–Kier alpha value is -2.48. The molecule has 4 heterocycles. The van der Waals surface area contributed by atoms with Gasteiger partial charge in [-0.3, -0.25) is 9.88 Å². The molecule has 0 amide bonds. The zero-order chi connectivity index (χ0) is 18.1. The average molecular weight is 358 g/mol. The van der Waals surface area contributed by atoms with Gasteiger partial charge in [0.25, 0.3) is 12.2 Å². The maximum atomic E-state index is 13.3. The molecule has 8 heteroatoms. The zero-order valence-electron chi connectivity index (χ0n) is 14.5. The highest BCUT2D eigenvalue weighted by molar-refractivity contribution is 5.33. The number of rotatable bonds is 4. The Morgan fingerprint density at radius 3 is 2.85 bits per heavy atom. The molecule has 0 bridgehead atoms. The van der Waals surface area contributed by atoms with Gasteiger partial charge in [0.1, 0.15) is 12.0 Å². The van der Waals surface area contributed by atoms with Crippen molar-refractivity contribution >= 4 is 5.78 Å². The van der Waals surface area contributed by atoms with Gasteiger partial charge in [0.15, 0.2) is 0 Å². The molecule has 136 valence electrons. The van der Waals surface area contributed by atoms with E-state index in [1.54, 1.807) is 16.9 Å². The minimum Gasteiger partial charge on any atom is -0.298 e. The van der Waals surface area contributed by atoms with Crippen LogP contribution < -0.4 is 0 Å². The van der Waals surface area contributed by atoms with Crippen molar-refractivity contribution < 1.29 is 8.78 Å². The zero-order valence-corrected chi connectivity index (χ0v) is 14.5. The summed E-state index contributed by atoms with van der Waals surface area (Å²) in [5, 5.41) is 4.21. The minimum atomic E-state index is -2.62. The van der Waals surface area contributed by atoms with Crippen LogP contribution in [0.4, 0.5) is 8.78 Å². The second kappa shape index (κ2) is 7.03. The highest BCUT2D eigenvalue weighted by atomic mass is 19.3. The molecule has 4 rings (SSSR count). The molecule has 0 spiro atoms. The molecule has 0 saturated carbocycles. The Kier molecular flexibility index (Phi) is 4.58. The normalized spacial score (nSPS) is 21.5. The molecule has 6 nitrogen and oxygen atoms in total. The van der Waals surface area contributed by atoms with Gasteiger partial charge in [-0.1, -0.05) is 6.92 Å². The standard InChI is InChI=1S/C18H20F2N6/c1-12-4-7-25(9-13-2-5-21-6-3-13)10-14(12)16-8-15(17(19)20)24-18-22-11-23-26(16)18/h2-3,5-6,8,11-12,14,17H,4,7,9-10H2,1H3/t12-,14-/m1/s1. The first-order valence-corrected chi connectivity index (χ1v) is 8.72. The Bertz CT molecular complexity index is 882. The molecule has 26 heavy (non-hydrogen) atoms. The summed E-state index contributed by atoms with van der Waals surface area (Å²) in [6.45, 7) is 4.75. The highest BCUT2D eigenvalue weighted by Gasteiger charge is 2.31. The Morgan fingerprint density at radius 2 is 2.08 bits per heavy atom. The predicted molar refractivity (Wildman–Crippen MR) is 91.8 cm³/mol. The second-order valence-corrected chi connectivity index (χ2v) is 6.84. The van der Waals surface area contributed by atoms with Gasteiger partial charge in [0.05, 0.1) is 5.69 Å². The van der Waals surface area contributed by atoms with Crippen LogP contribution in [0.15, 0.2) is 36.9 Å². The summed E-state index contributed by atoms with van der Waals surface area (Å²) < 4.78 is 28.1. The summed E-state index contributed by atoms with van der Waals surface area (Å²) in [5.74, 6) is 0.690. The van der Waals surface area contributed by atoms with E-state index in [9.17, 15) is 8.78 Å². The van der Waals surface area contributed by atoms with E-state index in [0.29, 0.717) is 5.92 Å². The van der Waals surface area contributed by atoms with Crippen LogP contribution in [0.1, 0.15) is 42.6 Å². The number of piperidine rings is 1. The third-order valence-electron chi connectivity index (χ3n) is 5.10. The molecular formula is C18H20F2N6. The number of pyridine rings is 1. The van der Waals surface area contributed by atoms with Crippen LogP contribution in [-0.2, 0) is 6.54 Å². The Balaban J connectivity index is 1.65. The van der Waals surface area contributed by atoms with E-state index >= 15 is 0 Å². The molecule has 0 N–H and O–H groups in total. The van der Waals surface area contributed by atoms with Crippen molar-refractivity contribution in [3.63, 3.8) is 0 Å². The topological polar surface area (TPSA) is 59.2 Å². The van der Waals surface area contributed by atoms with E-state index in [0.717, 1.165) is 31.7 Å². The molecule has 0 aliphatic carbocycles. The number of halogens is 2. The molecular weight excluding hydrogens is 338 g/mol. The van der Waals surface area contributed by atoms with Crippen molar-refractivity contribution in [2.75, 3.05) is 13.1 Å². The molecule has 0 unspecified atom stereocenters. The number of nitrogens with zero attached hydrogens (tertiary/aromatic N) is 6. The van der Waals surface area contributed by atoms with Crippen LogP contribution >= 0.6 is 0 Å². The first-order valence-electron chi connectivity index (χ1n) is 8.72. The van der Waals surface area contributed by atoms with Gasteiger partial charge in [0.2, 0.25) is 0 Å². The van der Waals surface area contributed by atoms with E-state index in [2.05, 4.69) is 31.9 Å².